The summed E-state index contributed by atoms with van der Waals surface area (Å²) in [5.74, 6) is -2.51. The number of ether oxygens (including phenoxy) is 1. The minimum Gasteiger partial charge on any atom is -0.378 e. The average molecular weight is 523 g/mol. The van der Waals surface area contributed by atoms with Crippen LogP contribution in [0.25, 0.3) is 10.9 Å². The lowest BCUT2D eigenvalue weighted by molar-refractivity contribution is -0.0710. The van der Waals surface area contributed by atoms with Gasteiger partial charge in [0.2, 0.25) is 0 Å². The highest BCUT2D eigenvalue weighted by atomic mass is 35.5. The molecule has 1 aromatic heterocycles. The molecule has 186 valence electrons. The lowest BCUT2D eigenvalue weighted by Gasteiger charge is -2.47. The van der Waals surface area contributed by atoms with Gasteiger partial charge in [-0.3, -0.25) is 4.90 Å². The molecule has 3 heterocycles. The third kappa shape index (κ3) is 3.73. The monoisotopic (exact) mass is 522 g/mol. The molecule has 0 radical (unpaired) electrons. The highest BCUT2D eigenvalue weighted by molar-refractivity contribution is 7.90. The van der Waals surface area contributed by atoms with Crippen molar-refractivity contribution < 1.29 is 21.9 Å². The van der Waals surface area contributed by atoms with Gasteiger partial charge in [-0.15, -0.1) is 5.10 Å². The van der Waals surface area contributed by atoms with E-state index in [1.165, 1.54) is 12.1 Å². The number of nitrogens with zero attached hydrogens (tertiary/aromatic N) is 4. The van der Waals surface area contributed by atoms with Crippen molar-refractivity contribution in [2.75, 3.05) is 37.7 Å². The van der Waals surface area contributed by atoms with E-state index in [0.717, 1.165) is 62.3 Å². The van der Waals surface area contributed by atoms with Crippen LogP contribution in [0.5, 0.6) is 0 Å². The number of aromatic nitrogens is 2. The molecule has 3 aromatic rings. The summed E-state index contributed by atoms with van der Waals surface area (Å²) in [6.45, 7) is 4.68. The van der Waals surface area contributed by atoms with Gasteiger partial charge in [0.1, 0.15) is 0 Å². The maximum atomic E-state index is 13.7. The van der Waals surface area contributed by atoms with E-state index < -0.39 is 15.9 Å². The summed E-state index contributed by atoms with van der Waals surface area (Å²) in [5, 5.41) is 5.62. The lowest BCUT2D eigenvalue weighted by atomic mass is 10.1. The van der Waals surface area contributed by atoms with E-state index in [0.29, 0.717) is 34.3 Å². The Bertz CT molecular complexity index is 1400. The molecule has 0 unspecified atom stereocenters. The average Bonchev–Trinajstić information content (AvgIpc) is 3.41. The summed E-state index contributed by atoms with van der Waals surface area (Å²) in [7, 11) is -4.15. The standard InChI is InChI=1S/C24H25ClF2N4O3S/c1-23(26,27)16-5-7-18(8-6-16)35(32,33)31-20-4-2-3-19(25)21(20)22(28-31)30-12-11-29(17-13-34-14-17)15-24(30)9-10-24/h2-8,17H,9-15H2,1H3. The van der Waals surface area contributed by atoms with Gasteiger partial charge in [-0.2, -0.15) is 12.5 Å². The Kier molecular flexibility index (Phi) is 5.20. The maximum Gasteiger partial charge on any atom is 0.283 e. The number of halogens is 3. The van der Waals surface area contributed by atoms with Crippen molar-refractivity contribution in [1.82, 2.24) is 14.1 Å². The van der Waals surface area contributed by atoms with E-state index in [1.807, 2.05) is 0 Å². The maximum absolute atomic E-state index is 13.7. The summed E-state index contributed by atoms with van der Waals surface area (Å²) in [6.07, 6.45) is 1.99. The molecule has 1 aliphatic carbocycles. The fourth-order valence-electron chi connectivity index (χ4n) is 5.13. The van der Waals surface area contributed by atoms with Crippen LogP contribution >= 0.6 is 11.6 Å². The fraction of sp³-hybridized carbons (Fsp3) is 0.458. The molecule has 3 fully saturated rings. The molecule has 0 bridgehead atoms. The molecule has 6 rings (SSSR count). The SMILES string of the molecule is CC(F)(F)c1ccc(S(=O)(=O)n2nc(N3CCN(C4COC4)CC34CC4)c3c(Cl)cccc32)cc1. The van der Waals surface area contributed by atoms with E-state index in [9.17, 15) is 17.2 Å². The highest BCUT2D eigenvalue weighted by Gasteiger charge is 2.54. The molecule has 2 aromatic carbocycles. The molecule has 1 saturated carbocycles. The Morgan fingerprint density at radius 1 is 1.11 bits per heavy atom. The van der Waals surface area contributed by atoms with Crippen LogP contribution in [0.15, 0.2) is 47.4 Å². The zero-order valence-corrected chi connectivity index (χ0v) is 20.7. The first-order valence-electron chi connectivity index (χ1n) is 11.6. The number of hydrogen-bond acceptors (Lipinski definition) is 6. The second-order valence-electron chi connectivity index (χ2n) is 9.76. The normalized spacial score (nSPS) is 21.0. The first-order valence-corrected chi connectivity index (χ1v) is 13.4. The van der Waals surface area contributed by atoms with Gasteiger partial charge in [-0.25, -0.2) is 8.78 Å². The second-order valence-corrected chi connectivity index (χ2v) is 11.9. The van der Waals surface area contributed by atoms with Crippen molar-refractivity contribution in [3.8, 4) is 0 Å². The molecule has 1 spiro atoms. The molecular formula is C24H25ClF2N4O3S. The summed E-state index contributed by atoms with van der Waals surface area (Å²) in [5.41, 5.74) is 0.0102. The molecule has 0 atom stereocenters. The smallest absolute Gasteiger partial charge is 0.283 e. The Balaban J connectivity index is 1.42. The molecule has 0 N–H and O–H groups in total. The summed E-state index contributed by atoms with van der Waals surface area (Å²) in [4.78, 5) is 4.55. The van der Waals surface area contributed by atoms with Crippen LogP contribution in [0, 0.1) is 0 Å². The number of alkyl halides is 2. The first kappa shape index (κ1) is 23.1. The summed E-state index contributed by atoms with van der Waals surface area (Å²) < 4.78 is 60.9. The van der Waals surface area contributed by atoms with E-state index in [-0.39, 0.29) is 16.0 Å². The van der Waals surface area contributed by atoms with Crippen LogP contribution in [-0.2, 0) is 20.7 Å². The van der Waals surface area contributed by atoms with Crippen molar-refractivity contribution in [2.24, 2.45) is 0 Å². The van der Waals surface area contributed by atoms with Gasteiger partial charge in [-0.05, 0) is 37.1 Å². The summed E-state index contributed by atoms with van der Waals surface area (Å²) >= 11 is 6.60. The molecule has 3 aliphatic rings. The van der Waals surface area contributed by atoms with Gasteiger partial charge in [0.15, 0.2) is 5.82 Å². The van der Waals surface area contributed by atoms with Crippen molar-refractivity contribution in [3.63, 3.8) is 0 Å². The van der Waals surface area contributed by atoms with Gasteiger partial charge in [0.25, 0.3) is 15.9 Å². The Labute approximate surface area is 207 Å². The van der Waals surface area contributed by atoms with Crippen molar-refractivity contribution in [1.29, 1.82) is 0 Å². The third-order valence-electron chi connectivity index (χ3n) is 7.39. The number of fused-ring (bicyclic) bond motifs is 1. The molecule has 7 nitrogen and oxygen atoms in total. The van der Waals surface area contributed by atoms with Crippen LogP contribution in [0.3, 0.4) is 0 Å². The molecule has 2 saturated heterocycles. The number of piperazine rings is 1. The van der Waals surface area contributed by atoms with Crippen molar-refractivity contribution in [3.05, 3.63) is 53.1 Å². The van der Waals surface area contributed by atoms with E-state index in [2.05, 4.69) is 14.9 Å². The topological polar surface area (TPSA) is 67.7 Å². The van der Waals surface area contributed by atoms with Gasteiger partial charge < -0.3 is 9.64 Å². The van der Waals surface area contributed by atoms with E-state index in [1.54, 1.807) is 18.2 Å². The van der Waals surface area contributed by atoms with Crippen molar-refractivity contribution in [2.45, 2.75) is 42.2 Å². The second kappa shape index (κ2) is 7.86. The number of anilines is 1. The minimum atomic E-state index is -4.15. The molecule has 35 heavy (non-hydrogen) atoms. The molecule has 11 heteroatoms. The molecule has 2 aliphatic heterocycles. The van der Waals surface area contributed by atoms with Crippen LogP contribution in [0.4, 0.5) is 14.6 Å². The number of hydrogen-bond donors (Lipinski definition) is 0. The van der Waals surface area contributed by atoms with Crippen LogP contribution in [0.1, 0.15) is 25.3 Å². The van der Waals surface area contributed by atoms with Crippen LogP contribution in [0.2, 0.25) is 5.02 Å². The third-order valence-corrected chi connectivity index (χ3v) is 9.31. The van der Waals surface area contributed by atoms with Gasteiger partial charge >= 0.3 is 0 Å². The number of rotatable bonds is 5. The predicted molar refractivity (Wildman–Crippen MR) is 129 cm³/mol. The molecular weight excluding hydrogens is 498 g/mol. The zero-order chi connectivity index (χ0) is 24.6. The van der Waals surface area contributed by atoms with E-state index in [4.69, 9.17) is 16.3 Å². The Morgan fingerprint density at radius 2 is 1.83 bits per heavy atom. The number of benzene rings is 2. The van der Waals surface area contributed by atoms with Gasteiger partial charge in [0, 0.05) is 32.1 Å². The highest BCUT2D eigenvalue weighted by Crippen LogP contribution is 2.49. The Morgan fingerprint density at radius 3 is 2.43 bits per heavy atom. The molecule has 0 amide bonds. The van der Waals surface area contributed by atoms with Gasteiger partial charge in [-0.1, -0.05) is 29.8 Å². The van der Waals surface area contributed by atoms with Crippen molar-refractivity contribution >= 4 is 38.3 Å². The van der Waals surface area contributed by atoms with Crippen LogP contribution in [-0.4, -0.2) is 66.9 Å². The van der Waals surface area contributed by atoms with Crippen LogP contribution < -0.4 is 4.90 Å². The Hall–Kier alpha value is -2.27. The largest absolute Gasteiger partial charge is 0.378 e. The first-order chi connectivity index (χ1) is 16.6. The minimum absolute atomic E-state index is 0.1000. The van der Waals surface area contributed by atoms with Gasteiger partial charge in [0.05, 0.1) is 45.6 Å². The predicted octanol–water partition coefficient (Wildman–Crippen LogP) is 4.09. The van der Waals surface area contributed by atoms with E-state index >= 15 is 0 Å². The quantitative estimate of drug-likeness (QED) is 0.503. The lowest BCUT2D eigenvalue weighted by Crippen LogP contribution is -2.61. The zero-order valence-electron chi connectivity index (χ0n) is 19.1. The fourth-order valence-corrected chi connectivity index (χ4v) is 6.66. The summed E-state index contributed by atoms with van der Waals surface area (Å²) in [6, 6.07) is 10.2.